The molecule has 1 atom stereocenters. The van der Waals surface area contributed by atoms with E-state index in [0.29, 0.717) is 31.4 Å². The molecule has 1 saturated carbocycles. The molecule has 0 aromatic heterocycles. The zero-order chi connectivity index (χ0) is 12.7. The summed E-state index contributed by atoms with van der Waals surface area (Å²) in [6, 6.07) is 0. The minimum absolute atomic E-state index is 0.0340. The van der Waals surface area contributed by atoms with Gasteiger partial charge in [0.1, 0.15) is 0 Å². The average molecular weight is 241 g/mol. The summed E-state index contributed by atoms with van der Waals surface area (Å²) in [4.78, 5) is 11.5. The first-order valence-corrected chi connectivity index (χ1v) is 6.99. The molecule has 3 nitrogen and oxygen atoms in total. The van der Waals surface area contributed by atoms with Crippen molar-refractivity contribution in [2.24, 2.45) is 23.5 Å². The molecule has 1 fully saturated rings. The maximum atomic E-state index is 11.5. The molecule has 0 saturated heterocycles. The lowest BCUT2D eigenvalue weighted by atomic mass is 9.88. The minimum atomic E-state index is -0.0340. The van der Waals surface area contributed by atoms with Crippen LogP contribution in [0.1, 0.15) is 52.4 Å². The molecule has 2 N–H and O–H groups in total. The van der Waals surface area contributed by atoms with Crippen molar-refractivity contribution in [3.05, 3.63) is 0 Å². The molecule has 0 aromatic carbocycles. The maximum absolute atomic E-state index is 11.5. The number of nitrogens with two attached hydrogens (primary N) is 1. The highest BCUT2D eigenvalue weighted by molar-refractivity contribution is 5.69. The van der Waals surface area contributed by atoms with Gasteiger partial charge >= 0.3 is 5.97 Å². The molecule has 3 heteroatoms. The molecule has 17 heavy (non-hydrogen) atoms. The van der Waals surface area contributed by atoms with E-state index in [0.717, 1.165) is 25.2 Å². The van der Waals surface area contributed by atoms with Crippen LogP contribution in [0.5, 0.6) is 0 Å². The zero-order valence-corrected chi connectivity index (χ0v) is 11.3. The molecule has 1 unspecified atom stereocenters. The fourth-order valence-corrected chi connectivity index (χ4v) is 2.15. The monoisotopic (exact) mass is 241 g/mol. The normalized spacial score (nSPS) is 17.2. The van der Waals surface area contributed by atoms with Crippen LogP contribution in [0.4, 0.5) is 0 Å². The van der Waals surface area contributed by atoms with Crippen molar-refractivity contribution < 1.29 is 9.53 Å². The molecule has 0 radical (unpaired) electrons. The van der Waals surface area contributed by atoms with Crippen LogP contribution in [-0.4, -0.2) is 19.1 Å². The summed E-state index contributed by atoms with van der Waals surface area (Å²) >= 11 is 0. The van der Waals surface area contributed by atoms with Gasteiger partial charge in [0.2, 0.25) is 0 Å². The van der Waals surface area contributed by atoms with E-state index in [1.807, 2.05) is 0 Å². The number of carbonyl (C=O) groups is 1. The van der Waals surface area contributed by atoms with Crippen LogP contribution < -0.4 is 5.73 Å². The first kappa shape index (κ1) is 14.5. The number of ether oxygens (including phenoxy) is 1. The lowest BCUT2D eigenvalue weighted by Gasteiger charge is -2.19. The van der Waals surface area contributed by atoms with Gasteiger partial charge in [0.15, 0.2) is 0 Å². The van der Waals surface area contributed by atoms with E-state index in [4.69, 9.17) is 10.5 Å². The number of rotatable bonds is 9. The van der Waals surface area contributed by atoms with E-state index in [1.54, 1.807) is 0 Å². The summed E-state index contributed by atoms with van der Waals surface area (Å²) in [6.07, 6.45) is 6.17. The Morgan fingerprint density at radius 2 is 2.06 bits per heavy atom. The largest absolute Gasteiger partial charge is 0.466 e. The van der Waals surface area contributed by atoms with Gasteiger partial charge < -0.3 is 10.5 Å². The van der Waals surface area contributed by atoms with E-state index in [9.17, 15) is 4.79 Å². The second kappa shape index (κ2) is 7.70. The van der Waals surface area contributed by atoms with Crippen molar-refractivity contribution in [2.45, 2.75) is 52.4 Å². The fourth-order valence-electron chi connectivity index (χ4n) is 2.15. The SMILES string of the molecule is CC(C)C(CCN)CCC(=O)OCCC1CC1. The van der Waals surface area contributed by atoms with Gasteiger partial charge in [-0.05, 0) is 43.6 Å². The van der Waals surface area contributed by atoms with Gasteiger partial charge in [0.05, 0.1) is 6.61 Å². The highest BCUT2D eigenvalue weighted by Crippen LogP contribution is 2.32. The third-order valence-electron chi connectivity index (χ3n) is 3.69. The second-order valence-electron chi connectivity index (χ2n) is 5.57. The number of esters is 1. The Kier molecular flexibility index (Phi) is 6.56. The molecular weight excluding hydrogens is 214 g/mol. The smallest absolute Gasteiger partial charge is 0.305 e. The van der Waals surface area contributed by atoms with Crippen molar-refractivity contribution in [2.75, 3.05) is 13.2 Å². The molecule has 1 aliphatic carbocycles. The van der Waals surface area contributed by atoms with E-state index in [1.165, 1.54) is 12.8 Å². The Morgan fingerprint density at radius 3 is 2.59 bits per heavy atom. The van der Waals surface area contributed by atoms with Crippen LogP contribution >= 0.6 is 0 Å². The molecule has 100 valence electrons. The number of hydrogen-bond donors (Lipinski definition) is 1. The minimum Gasteiger partial charge on any atom is -0.466 e. The predicted molar refractivity (Wildman–Crippen MR) is 69.5 cm³/mol. The van der Waals surface area contributed by atoms with Gasteiger partial charge in [-0.15, -0.1) is 0 Å². The van der Waals surface area contributed by atoms with Gasteiger partial charge in [0, 0.05) is 6.42 Å². The molecule has 0 aliphatic heterocycles. The average Bonchev–Trinajstić information content (AvgIpc) is 3.07. The Morgan fingerprint density at radius 1 is 1.35 bits per heavy atom. The lowest BCUT2D eigenvalue weighted by Crippen LogP contribution is -2.16. The molecule has 1 aliphatic rings. The summed E-state index contributed by atoms with van der Waals surface area (Å²) in [6.45, 7) is 5.71. The molecule has 0 amide bonds. The summed E-state index contributed by atoms with van der Waals surface area (Å²) in [7, 11) is 0. The van der Waals surface area contributed by atoms with E-state index in [2.05, 4.69) is 13.8 Å². The molecule has 0 heterocycles. The number of hydrogen-bond acceptors (Lipinski definition) is 3. The molecule has 1 rings (SSSR count). The maximum Gasteiger partial charge on any atom is 0.305 e. The molecule has 0 bridgehead atoms. The number of carbonyl (C=O) groups excluding carboxylic acids is 1. The molecular formula is C14H27NO2. The summed E-state index contributed by atoms with van der Waals surface area (Å²) in [5, 5.41) is 0. The second-order valence-corrected chi connectivity index (χ2v) is 5.57. The Hall–Kier alpha value is -0.570. The van der Waals surface area contributed by atoms with Crippen molar-refractivity contribution >= 4 is 5.97 Å². The van der Waals surface area contributed by atoms with Gasteiger partial charge in [-0.25, -0.2) is 0 Å². The summed E-state index contributed by atoms with van der Waals surface area (Å²) in [5.74, 6) is 1.95. The van der Waals surface area contributed by atoms with Gasteiger partial charge in [-0.3, -0.25) is 4.79 Å². The van der Waals surface area contributed by atoms with Crippen LogP contribution in [0, 0.1) is 17.8 Å². The van der Waals surface area contributed by atoms with Crippen LogP contribution in [0.2, 0.25) is 0 Å². The van der Waals surface area contributed by atoms with Crippen molar-refractivity contribution in [3.8, 4) is 0 Å². The van der Waals surface area contributed by atoms with E-state index >= 15 is 0 Å². The third kappa shape index (κ3) is 6.67. The summed E-state index contributed by atoms with van der Waals surface area (Å²) < 4.78 is 5.23. The van der Waals surface area contributed by atoms with Gasteiger partial charge in [-0.1, -0.05) is 26.7 Å². The van der Waals surface area contributed by atoms with Crippen molar-refractivity contribution in [1.29, 1.82) is 0 Å². The van der Waals surface area contributed by atoms with Crippen LogP contribution in [0.3, 0.4) is 0 Å². The third-order valence-corrected chi connectivity index (χ3v) is 3.69. The van der Waals surface area contributed by atoms with Gasteiger partial charge in [-0.2, -0.15) is 0 Å². The van der Waals surface area contributed by atoms with E-state index in [-0.39, 0.29) is 5.97 Å². The van der Waals surface area contributed by atoms with Crippen molar-refractivity contribution in [3.63, 3.8) is 0 Å². The predicted octanol–water partition coefficient (Wildman–Crippen LogP) is 2.73. The first-order chi connectivity index (χ1) is 8.13. The lowest BCUT2D eigenvalue weighted by molar-refractivity contribution is -0.144. The van der Waals surface area contributed by atoms with Crippen molar-refractivity contribution in [1.82, 2.24) is 0 Å². The van der Waals surface area contributed by atoms with Gasteiger partial charge in [0.25, 0.3) is 0 Å². The Labute approximate surface area is 105 Å². The van der Waals surface area contributed by atoms with Crippen LogP contribution in [0.25, 0.3) is 0 Å². The topological polar surface area (TPSA) is 52.3 Å². The Bertz CT molecular complexity index is 224. The first-order valence-electron chi connectivity index (χ1n) is 6.99. The zero-order valence-electron chi connectivity index (χ0n) is 11.3. The molecule has 0 aromatic rings. The Balaban J connectivity index is 2.06. The fraction of sp³-hybridized carbons (Fsp3) is 0.929. The van der Waals surface area contributed by atoms with E-state index < -0.39 is 0 Å². The van der Waals surface area contributed by atoms with Crippen LogP contribution in [0.15, 0.2) is 0 Å². The quantitative estimate of drug-likeness (QED) is 0.631. The molecule has 0 spiro atoms. The highest BCUT2D eigenvalue weighted by Gasteiger charge is 2.21. The van der Waals surface area contributed by atoms with Crippen LogP contribution in [-0.2, 0) is 9.53 Å². The standard InChI is InChI=1S/C14H27NO2/c1-11(2)13(7-9-15)5-6-14(16)17-10-8-12-3-4-12/h11-13H,3-10,15H2,1-2H3. The highest BCUT2D eigenvalue weighted by atomic mass is 16.5. The summed E-state index contributed by atoms with van der Waals surface area (Å²) in [5.41, 5.74) is 5.58.